The van der Waals surface area contributed by atoms with E-state index in [9.17, 15) is 9.18 Å². The zero-order valence-electron chi connectivity index (χ0n) is 15.0. The molecule has 0 unspecified atom stereocenters. The van der Waals surface area contributed by atoms with Gasteiger partial charge in [-0.1, -0.05) is 6.58 Å². The van der Waals surface area contributed by atoms with Crippen LogP contribution in [0.2, 0.25) is 0 Å². The molecule has 1 aliphatic rings. The molecule has 0 saturated carbocycles. The Morgan fingerprint density at radius 2 is 1.96 bits per heavy atom. The molecule has 0 atom stereocenters. The lowest BCUT2D eigenvalue weighted by atomic mass is 9.97. The number of fused-ring (bicyclic) bond motifs is 1. The number of hydrogen-bond acceptors (Lipinski definition) is 7. The minimum atomic E-state index is -0.463. The lowest BCUT2D eigenvalue weighted by Gasteiger charge is -2.27. The Labute approximate surface area is 164 Å². The molecule has 8 heteroatoms. The maximum absolute atomic E-state index is 13.6. The Morgan fingerprint density at radius 3 is 2.68 bits per heavy atom. The molecule has 3 heterocycles. The fraction of sp³-hybridized carbons (Fsp3) is 0.200. The van der Waals surface area contributed by atoms with E-state index in [-0.39, 0.29) is 16.8 Å². The quantitative estimate of drug-likeness (QED) is 0.658. The molecule has 2 aromatic heterocycles. The molecule has 1 saturated heterocycles. The van der Waals surface area contributed by atoms with Crippen molar-refractivity contribution in [2.45, 2.75) is 0 Å². The lowest BCUT2D eigenvalue weighted by molar-refractivity contribution is 0.121. The summed E-state index contributed by atoms with van der Waals surface area (Å²) in [5.41, 5.74) is 7.46. The van der Waals surface area contributed by atoms with E-state index in [1.807, 2.05) is 4.90 Å². The van der Waals surface area contributed by atoms with E-state index in [1.165, 1.54) is 35.6 Å². The Hall–Kier alpha value is -2.97. The van der Waals surface area contributed by atoms with Crippen LogP contribution in [0, 0.1) is 11.2 Å². The van der Waals surface area contributed by atoms with Gasteiger partial charge in [-0.15, -0.1) is 11.3 Å². The van der Waals surface area contributed by atoms with Crippen molar-refractivity contribution in [3.63, 3.8) is 0 Å². The second kappa shape index (κ2) is 7.21. The van der Waals surface area contributed by atoms with E-state index in [0.29, 0.717) is 59.2 Å². The number of halogens is 1. The molecule has 1 fully saturated rings. The molecule has 28 heavy (non-hydrogen) atoms. The third-order valence-electron chi connectivity index (χ3n) is 4.62. The smallest absolute Gasteiger partial charge is 0.204 e. The molecule has 3 N–H and O–H groups in total. The highest BCUT2D eigenvalue weighted by Crippen LogP contribution is 2.30. The van der Waals surface area contributed by atoms with Crippen molar-refractivity contribution < 1.29 is 13.5 Å². The van der Waals surface area contributed by atoms with Gasteiger partial charge in [0.05, 0.1) is 24.5 Å². The van der Waals surface area contributed by atoms with Gasteiger partial charge in [-0.25, -0.2) is 4.39 Å². The molecule has 1 aromatic carbocycles. The topological polar surface area (TPSA) is 92.5 Å². The monoisotopic (exact) mass is 399 g/mol. The number of nitrogens with one attached hydrogen (secondary N) is 1. The molecule has 144 valence electrons. The minimum absolute atomic E-state index is 0.0927. The van der Waals surface area contributed by atoms with Gasteiger partial charge >= 0.3 is 0 Å². The van der Waals surface area contributed by atoms with E-state index < -0.39 is 5.82 Å². The first-order chi connectivity index (χ1) is 13.5. The average Bonchev–Trinajstić information content (AvgIpc) is 3.12. The summed E-state index contributed by atoms with van der Waals surface area (Å²) in [6.07, 6.45) is 0. The van der Waals surface area contributed by atoms with Crippen molar-refractivity contribution in [3.8, 4) is 0 Å². The number of benzene rings is 1. The normalized spacial score (nSPS) is 14.4. The zero-order chi connectivity index (χ0) is 19.8. The maximum Gasteiger partial charge on any atom is 0.204 e. The van der Waals surface area contributed by atoms with Gasteiger partial charge in [-0.2, -0.15) is 0 Å². The second-order valence-corrected chi connectivity index (χ2v) is 7.33. The van der Waals surface area contributed by atoms with Gasteiger partial charge in [-0.05, 0) is 18.2 Å². The van der Waals surface area contributed by atoms with Crippen LogP contribution < -0.4 is 16.1 Å². The summed E-state index contributed by atoms with van der Waals surface area (Å²) in [6.45, 7) is 6.04. The number of nitrogens with zero attached hydrogens (tertiary/aromatic N) is 1. The van der Waals surface area contributed by atoms with Crippen LogP contribution in [0.1, 0.15) is 16.7 Å². The van der Waals surface area contributed by atoms with Crippen LogP contribution >= 0.6 is 11.3 Å². The first-order valence-electron chi connectivity index (χ1n) is 8.67. The van der Waals surface area contributed by atoms with Crippen molar-refractivity contribution in [2.75, 3.05) is 31.2 Å². The van der Waals surface area contributed by atoms with Crippen molar-refractivity contribution in [2.24, 2.45) is 5.73 Å². The van der Waals surface area contributed by atoms with Crippen LogP contribution in [0.25, 0.3) is 16.0 Å². The zero-order valence-corrected chi connectivity index (χ0v) is 15.8. The van der Waals surface area contributed by atoms with E-state index in [2.05, 4.69) is 6.58 Å². The molecule has 0 bridgehead atoms. The first kappa shape index (κ1) is 18.4. The van der Waals surface area contributed by atoms with Gasteiger partial charge < -0.3 is 19.8 Å². The largest absolute Gasteiger partial charge is 0.439 e. The molecular weight excluding hydrogens is 381 g/mol. The van der Waals surface area contributed by atoms with Crippen LogP contribution in [0.4, 0.5) is 10.3 Å². The SMILES string of the molecule is C=C(N)c1cc(F)ccc1C(=N)c1csc2c(=O)cc(N3CCOCC3)oc12. The van der Waals surface area contributed by atoms with Gasteiger partial charge in [0.15, 0.2) is 11.5 Å². The van der Waals surface area contributed by atoms with Crippen LogP contribution in [0.15, 0.2) is 45.4 Å². The average molecular weight is 399 g/mol. The predicted octanol–water partition coefficient (Wildman–Crippen LogP) is 3.18. The third kappa shape index (κ3) is 3.21. The summed E-state index contributed by atoms with van der Waals surface area (Å²) in [5.74, 6) is -0.00900. The van der Waals surface area contributed by atoms with Crippen molar-refractivity contribution in [3.05, 3.63) is 69.0 Å². The maximum atomic E-state index is 13.6. The van der Waals surface area contributed by atoms with E-state index in [4.69, 9.17) is 20.3 Å². The number of nitrogens with two attached hydrogens (primary N) is 1. The molecule has 1 aliphatic heterocycles. The van der Waals surface area contributed by atoms with Crippen LogP contribution in [0.3, 0.4) is 0 Å². The Morgan fingerprint density at radius 1 is 1.21 bits per heavy atom. The molecule has 3 aromatic rings. The summed E-state index contributed by atoms with van der Waals surface area (Å²) in [7, 11) is 0. The van der Waals surface area contributed by atoms with Gasteiger partial charge in [-0.3, -0.25) is 10.2 Å². The van der Waals surface area contributed by atoms with Gasteiger partial charge in [0.2, 0.25) is 5.43 Å². The fourth-order valence-electron chi connectivity index (χ4n) is 3.19. The van der Waals surface area contributed by atoms with Gasteiger partial charge in [0.25, 0.3) is 0 Å². The third-order valence-corrected chi connectivity index (χ3v) is 5.60. The number of rotatable bonds is 4. The molecule has 0 radical (unpaired) electrons. The lowest BCUT2D eigenvalue weighted by Crippen LogP contribution is -2.36. The molecule has 0 aliphatic carbocycles. The summed E-state index contributed by atoms with van der Waals surface area (Å²) in [5, 5.41) is 10.4. The minimum Gasteiger partial charge on any atom is -0.439 e. The van der Waals surface area contributed by atoms with Crippen LogP contribution in [-0.4, -0.2) is 32.0 Å². The first-order valence-corrected chi connectivity index (χ1v) is 9.55. The summed E-state index contributed by atoms with van der Waals surface area (Å²) >= 11 is 1.22. The van der Waals surface area contributed by atoms with Gasteiger partial charge in [0, 0.05) is 41.4 Å². The predicted molar refractivity (Wildman–Crippen MR) is 109 cm³/mol. The number of hydrogen-bond donors (Lipinski definition) is 2. The highest BCUT2D eigenvalue weighted by atomic mass is 32.1. The standard InChI is InChI=1S/C20H18FN3O3S/c1-11(22)14-8-12(21)2-3-13(14)18(23)15-10-28-20-16(25)9-17(27-19(15)20)24-4-6-26-7-5-24/h2-3,8-10,23H,1,4-7,22H2. The Kier molecular flexibility index (Phi) is 4.74. The highest BCUT2D eigenvalue weighted by Gasteiger charge is 2.21. The number of anilines is 1. The molecule has 4 rings (SSSR count). The molecule has 0 amide bonds. The Bertz CT molecular complexity index is 1150. The van der Waals surface area contributed by atoms with Gasteiger partial charge in [0.1, 0.15) is 10.5 Å². The summed E-state index contributed by atoms with van der Waals surface area (Å²) in [4.78, 5) is 14.5. The number of thiophene rings is 1. The van der Waals surface area contributed by atoms with Crippen molar-refractivity contribution in [1.29, 1.82) is 5.41 Å². The molecular formula is C20H18FN3O3S. The molecule has 0 spiro atoms. The van der Waals surface area contributed by atoms with Crippen LogP contribution in [-0.2, 0) is 4.74 Å². The summed E-state index contributed by atoms with van der Waals surface area (Å²) in [6, 6.07) is 5.47. The second-order valence-electron chi connectivity index (χ2n) is 6.45. The Balaban J connectivity index is 1.83. The molecule has 6 nitrogen and oxygen atoms in total. The van der Waals surface area contributed by atoms with E-state index in [1.54, 1.807) is 5.38 Å². The number of morpholine rings is 1. The van der Waals surface area contributed by atoms with E-state index >= 15 is 0 Å². The van der Waals surface area contributed by atoms with Crippen molar-refractivity contribution in [1.82, 2.24) is 0 Å². The fourth-order valence-corrected chi connectivity index (χ4v) is 4.08. The highest BCUT2D eigenvalue weighted by molar-refractivity contribution is 7.17. The van der Waals surface area contributed by atoms with Crippen molar-refractivity contribution >= 4 is 38.9 Å². The van der Waals surface area contributed by atoms with E-state index in [0.717, 1.165) is 0 Å². The summed E-state index contributed by atoms with van der Waals surface area (Å²) < 4.78 is 25.5. The number of ether oxygens (including phenoxy) is 1. The van der Waals surface area contributed by atoms with Crippen LogP contribution in [0.5, 0.6) is 0 Å².